The van der Waals surface area contributed by atoms with E-state index in [-0.39, 0.29) is 17.7 Å². The maximum absolute atomic E-state index is 14.2. The van der Waals surface area contributed by atoms with Crippen molar-refractivity contribution in [2.24, 2.45) is 0 Å². The van der Waals surface area contributed by atoms with Crippen LogP contribution in [0.3, 0.4) is 0 Å². The van der Waals surface area contributed by atoms with Crippen molar-refractivity contribution in [2.75, 3.05) is 31.9 Å². The number of pyridine rings is 1. The Morgan fingerprint density at radius 2 is 2.03 bits per heavy atom. The van der Waals surface area contributed by atoms with Gasteiger partial charge in [-0.1, -0.05) is 17.7 Å². The van der Waals surface area contributed by atoms with E-state index in [1.807, 2.05) is 0 Å². The summed E-state index contributed by atoms with van der Waals surface area (Å²) in [5.41, 5.74) is 1.01. The number of phosphoric ester groups is 1. The molecule has 0 amide bonds. The van der Waals surface area contributed by atoms with Gasteiger partial charge in [-0.3, -0.25) is 9.32 Å². The highest BCUT2D eigenvalue weighted by atomic mass is 35.5. The molecule has 1 aliphatic rings. The van der Waals surface area contributed by atoms with Gasteiger partial charge in [0, 0.05) is 43.3 Å². The average molecular weight is 555 g/mol. The molecule has 1 aromatic carbocycles. The lowest BCUT2D eigenvalue weighted by Crippen LogP contribution is -2.29. The monoisotopic (exact) mass is 554 g/mol. The van der Waals surface area contributed by atoms with Crippen LogP contribution in [0, 0.1) is 5.82 Å². The first kappa shape index (κ1) is 27.3. The molecule has 0 spiro atoms. The highest BCUT2D eigenvalue weighted by molar-refractivity contribution is 7.46. The molecule has 1 atom stereocenters. The number of hydrogen-bond acceptors (Lipinski definition) is 8. The Bertz CT molecular complexity index is 1330. The Hall–Kier alpha value is -2.70. The molecule has 4 rings (SSSR count). The first-order chi connectivity index (χ1) is 17.7. The van der Waals surface area contributed by atoms with Crippen molar-refractivity contribution >= 4 is 25.4 Å². The first-order valence-electron chi connectivity index (χ1n) is 11.3. The largest absolute Gasteiger partial charge is 0.471 e. The van der Waals surface area contributed by atoms with E-state index in [0.717, 1.165) is 12.8 Å². The summed E-state index contributed by atoms with van der Waals surface area (Å²) in [6.45, 7) is 0.368. The predicted molar refractivity (Wildman–Crippen MR) is 133 cm³/mol. The van der Waals surface area contributed by atoms with Crippen LogP contribution in [0.5, 0.6) is 0 Å². The molecular formula is C23H25ClFN4O7P. The van der Waals surface area contributed by atoms with Crippen LogP contribution in [-0.4, -0.2) is 57.0 Å². The zero-order chi connectivity index (χ0) is 26.4. The van der Waals surface area contributed by atoms with Crippen LogP contribution in [0.15, 0.2) is 53.6 Å². The molecule has 1 unspecified atom stereocenters. The normalized spacial score (nSPS) is 15.5. The summed E-state index contributed by atoms with van der Waals surface area (Å²) in [5, 5.41) is 3.20. The molecule has 0 bridgehead atoms. The van der Waals surface area contributed by atoms with Gasteiger partial charge in [-0.05, 0) is 42.7 Å². The molecule has 0 saturated carbocycles. The second-order valence-electron chi connectivity index (χ2n) is 8.26. The second kappa shape index (κ2) is 12.2. The Morgan fingerprint density at radius 3 is 2.73 bits per heavy atom. The van der Waals surface area contributed by atoms with Crippen molar-refractivity contribution in [3.8, 4) is 11.3 Å². The topological polar surface area (TPSA) is 145 Å². The fourth-order valence-electron chi connectivity index (χ4n) is 3.84. The van der Waals surface area contributed by atoms with Crippen molar-refractivity contribution in [2.45, 2.75) is 24.9 Å². The lowest BCUT2D eigenvalue weighted by Gasteiger charge is -2.23. The van der Waals surface area contributed by atoms with E-state index in [0.29, 0.717) is 36.0 Å². The van der Waals surface area contributed by atoms with Crippen LogP contribution >= 0.6 is 19.4 Å². The number of phosphoric acid groups is 1. The van der Waals surface area contributed by atoms with Gasteiger partial charge in [-0.25, -0.2) is 18.9 Å². The van der Waals surface area contributed by atoms with Crippen molar-refractivity contribution in [1.29, 1.82) is 0 Å². The van der Waals surface area contributed by atoms with E-state index < -0.39 is 32.0 Å². The van der Waals surface area contributed by atoms with Crippen LogP contribution in [0.4, 0.5) is 10.3 Å². The Labute approximate surface area is 216 Å². The number of nitrogens with zero attached hydrogens (tertiary/aromatic N) is 3. The quantitative estimate of drug-likeness (QED) is 0.194. The summed E-state index contributed by atoms with van der Waals surface area (Å²) in [7, 11) is -4.74. The average Bonchev–Trinajstić information content (AvgIpc) is 2.86. The molecule has 37 heavy (non-hydrogen) atoms. The van der Waals surface area contributed by atoms with Crippen LogP contribution < -0.4 is 10.9 Å². The molecule has 3 N–H and O–H groups in total. The summed E-state index contributed by atoms with van der Waals surface area (Å²) in [6.07, 6.45) is 4.80. The molecule has 1 aliphatic heterocycles. The van der Waals surface area contributed by atoms with E-state index in [1.54, 1.807) is 18.3 Å². The Balaban J connectivity index is 1.57. The highest BCUT2D eigenvalue weighted by Gasteiger charge is 2.20. The number of hydrogen-bond donors (Lipinski definition) is 3. The number of nitrogens with one attached hydrogen (secondary N) is 1. The molecule has 1 fully saturated rings. The maximum atomic E-state index is 14.2. The molecular weight excluding hydrogens is 530 g/mol. The molecule has 0 aliphatic carbocycles. The number of anilines is 1. The second-order valence-corrected chi connectivity index (χ2v) is 9.90. The minimum absolute atomic E-state index is 0.0927. The van der Waals surface area contributed by atoms with E-state index in [2.05, 4.69) is 19.8 Å². The van der Waals surface area contributed by atoms with Crippen LogP contribution in [0.2, 0.25) is 5.02 Å². The molecule has 1 saturated heterocycles. The van der Waals surface area contributed by atoms with Gasteiger partial charge in [0.15, 0.2) is 6.79 Å². The number of aromatic nitrogens is 3. The third kappa shape index (κ3) is 7.65. The van der Waals surface area contributed by atoms with E-state index >= 15 is 0 Å². The molecule has 11 nitrogen and oxygen atoms in total. The van der Waals surface area contributed by atoms with Gasteiger partial charge in [0.1, 0.15) is 5.82 Å². The van der Waals surface area contributed by atoms with Gasteiger partial charge in [-0.2, -0.15) is 0 Å². The van der Waals surface area contributed by atoms with E-state index in [1.165, 1.54) is 35.0 Å². The van der Waals surface area contributed by atoms with Crippen LogP contribution in [-0.2, 0) is 18.6 Å². The van der Waals surface area contributed by atoms with Gasteiger partial charge < -0.3 is 29.1 Å². The lowest BCUT2D eigenvalue weighted by molar-refractivity contribution is -0.0107. The van der Waals surface area contributed by atoms with Gasteiger partial charge in [0.25, 0.3) is 5.56 Å². The fraction of sp³-hybridized carbons (Fsp3) is 0.348. The highest BCUT2D eigenvalue weighted by Crippen LogP contribution is 2.35. The molecule has 14 heteroatoms. The molecule has 2 aromatic heterocycles. The Morgan fingerprint density at radius 1 is 1.24 bits per heavy atom. The molecule has 0 radical (unpaired) electrons. The first-order valence-corrected chi connectivity index (χ1v) is 13.2. The smallest absolute Gasteiger partial charge is 0.381 e. The number of rotatable bonds is 10. The summed E-state index contributed by atoms with van der Waals surface area (Å²) >= 11 is 5.80. The standard InChI is InChI=1S/C23H25ClFN4O7P/c24-18-2-1-16(11-19(18)25)21(13-35-14-36-37(31,32)33)29-8-4-15(12-22(29)30)20-3-7-26-23(28-20)27-17-5-9-34-10-6-17/h1-4,7-8,11-12,17,21H,5-6,9-10,13-14H2,(H,26,27,28)(H2,31,32,33). The SMILES string of the molecule is O=c1cc(-c2ccnc(NC3CCOCC3)n2)ccn1C(COCOP(=O)(O)O)c1ccc(Cl)c(F)c1. The van der Waals surface area contributed by atoms with Gasteiger partial charge >= 0.3 is 7.82 Å². The maximum Gasteiger partial charge on any atom is 0.471 e. The number of ether oxygens (including phenoxy) is 2. The number of benzene rings is 1. The van der Waals surface area contributed by atoms with Crippen LogP contribution in [0.1, 0.15) is 24.4 Å². The third-order valence-electron chi connectivity index (χ3n) is 5.70. The van der Waals surface area contributed by atoms with Gasteiger partial charge in [0.05, 0.1) is 23.4 Å². The zero-order valence-corrected chi connectivity index (χ0v) is 21.1. The minimum atomic E-state index is -4.74. The van der Waals surface area contributed by atoms with Crippen molar-refractivity contribution in [3.63, 3.8) is 0 Å². The van der Waals surface area contributed by atoms with Gasteiger partial charge in [-0.15, -0.1) is 0 Å². The summed E-state index contributed by atoms with van der Waals surface area (Å²) in [5.74, 6) is -0.243. The van der Waals surface area contributed by atoms with E-state index in [9.17, 15) is 13.8 Å². The molecule has 198 valence electrons. The summed E-state index contributed by atoms with van der Waals surface area (Å²) in [6, 6.07) is 8.14. The number of halogens is 2. The Kier molecular flexibility index (Phi) is 9.04. The third-order valence-corrected chi connectivity index (χ3v) is 6.45. The van der Waals surface area contributed by atoms with Crippen LogP contribution in [0.25, 0.3) is 11.3 Å². The van der Waals surface area contributed by atoms with E-state index in [4.69, 9.17) is 30.9 Å². The molecule has 3 aromatic rings. The summed E-state index contributed by atoms with van der Waals surface area (Å²) in [4.78, 5) is 39.6. The van der Waals surface area contributed by atoms with Crippen molar-refractivity contribution in [1.82, 2.24) is 14.5 Å². The summed E-state index contributed by atoms with van der Waals surface area (Å²) < 4.78 is 41.3. The minimum Gasteiger partial charge on any atom is -0.381 e. The van der Waals surface area contributed by atoms with Crippen molar-refractivity contribution < 1.29 is 32.7 Å². The predicted octanol–water partition coefficient (Wildman–Crippen LogP) is 3.36. The fourth-order valence-corrected chi connectivity index (χ4v) is 4.17. The molecule has 3 heterocycles. The lowest BCUT2D eigenvalue weighted by atomic mass is 10.1. The zero-order valence-electron chi connectivity index (χ0n) is 19.5. The van der Waals surface area contributed by atoms with Gasteiger partial charge in [0.2, 0.25) is 5.95 Å². The van der Waals surface area contributed by atoms with Crippen molar-refractivity contribution in [3.05, 3.63) is 75.5 Å².